The van der Waals surface area contributed by atoms with Crippen molar-refractivity contribution in [2.75, 3.05) is 29.1 Å². The average Bonchev–Trinajstić information content (AvgIpc) is 3.44. The highest BCUT2D eigenvalue weighted by molar-refractivity contribution is 8.00. The number of nitrogens with one attached hydrogen (secondary N) is 2. The number of carbonyl (C=O) groups is 2. The van der Waals surface area contributed by atoms with Crippen LogP contribution in [0, 0.1) is 5.82 Å². The zero-order valence-corrected chi connectivity index (χ0v) is 20.3. The fourth-order valence-electron chi connectivity index (χ4n) is 5.25. The molecule has 6 rings (SSSR count). The predicted molar refractivity (Wildman–Crippen MR) is 136 cm³/mol. The number of pyridine rings is 1. The van der Waals surface area contributed by atoms with E-state index in [1.165, 1.54) is 23.9 Å². The molecule has 10 heteroatoms. The molecular formula is C26H25FN4O4S. The summed E-state index contributed by atoms with van der Waals surface area (Å²) in [5, 5.41) is 7.12. The smallest absolute Gasteiger partial charge is 0.414 e. The molecule has 1 aromatic heterocycles. The minimum absolute atomic E-state index is 0.0481. The van der Waals surface area contributed by atoms with E-state index >= 15 is 0 Å². The molecule has 186 valence electrons. The fourth-order valence-corrected chi connectivity index (χ4v) is 6.03. The van der Waals surface area contributed by atoms with Gasteiger partial charge in [0.15, 0.2) is 0 Å². The van der Waals surface area contributed by atoms with Crippen molar-refractivity contribution in [1.82, 2.24) is 9.88 Å². The van der Waals surface area contributed by atoms with Crippen molar-refractivity contribution < 1.29 is 18.7 Å². The minimum Gasteiger partial charge on any atom is -0.444 e. The number of carbonyl (C=O) groups excluding carboxylic acids is 2. The van der Waals surface area contributed by atoms with Gasteiger partial charge in [-0.2, -0.15) is 0 Å². The topological polar surface area (TPSA) is 92.7 Å². The number of unbranched alkanes of at least 4 members (excludes halogenated alkanes) is 1. The lowest BCUT2D eigenvalue weighted by atomic mass is 10.1. The number of rotatable bonds is 7. The number of fused-ring (bicyclic) bond motifs is 1. The Morgan fingerprint density at radius 1 is 1.08 bits per heavy atom. The molecule has 1 saturated heterocycles. The normalized spacial score (nSPS) is 20.5. The Morgan fingerprint density at radius 3 is 2.83 bits per heavy atom. The number of amides is 2. The van der Waals surface area contributed by atoms with Gasteiger partial charge in [0.1, 0.15) is 11.9 Å². The molecule has 2 amide bonds. The van der Waals surface area contributed by atoms with E-state index in [2.05, 4.69) is 10.6 Å². The lowest BCUT2D eigenvalue weighted by Gasteiger charge is -2.20. The van der Waals surface area contributed by atoms with E-state index in [0.717, 1.165) is 35.2 Å². The average molecular weight is 509 g/mol. The number of nitrogens with zero attached hydrogens (tertiary/aromatic N) is 2. The van der Waals surface area contributed by atoms with Gasteiger partial charge in [0.05, 0.1) is 29.5 Å². The molecule has 2 atom stereocenters. The van der Waals surface area contributed by atoms with Gasteiger partial charge in [0, 0.05) is 28.8 Å². The number of thioether (sulfide) groups is 1. The van der Waals surface area contributed by atoms with E-state index in [1.54, 1.807) is 21.6 Å². The third-order valence-corrected chi connectivity index (χ3v) is 8.05. The zero-order valence-electron chi connectivity index (χ0n) is 19.5. The quantitative estimate of drug-likeness (QED) is 0.469. The van der Waals surface area contributed by atoms with Gasteiger partial charge >= 0.3 is 6.09 Å². The zero-order chi connectivity index (χ0) is 24.8. The lowest BCUT2D eigenvalue weighted by Crippen LogP contribution is -2.26. The predicted octanol–water partition coefficient (Wildman–Crippen LogP) is 4.02. The van der Waals surface area contributed by atoms with Gasteiger partial charge < -0.3 is 19.9 Å². The Labute approximate surface area is 210 Å². The highest BCUT2D eigenvalue weighted by Gasteiger charge is 2.33. The molecule has 1 fully saturated rings. The molecule has 0 radical (unpaired) electrons. The van der Waals surface area contributed by atoms with Crippen molar-refractivity contribution in [1.29, 1.82) is 0 Å². The molecule has 2 aromatic carbocycles. The van der Waals surface area contributed by atoms with Crippen LogP contribution in [0.2, 0.25) is 0 Å². The maximum atomic E-state index is 14.6. The van der Waals surface area contributed by atoms with Crippen LogP contribution >= 0.6 is 11.8 Å². The van der Waals surface area contributed by atoms with Crippen molar-refractivity contribution in [3.8, 4) is 0 Å². The number of hydrogen-bond donors (Lipinski definition) is 2. The Morgan fingerprint density at radius 2 is 1.94 bits per heavy atom. The maximum Gasteiger partial charge on any atom is 0.414 e. The number of anilines is 2. The van der Waals surface area contributed by atoms with Crippen molar-refractivity contribution in [3.05, 3.63) is 64.2 Å². The second-order valence-corrected chi connectivity index (χ2v) is 10.3. The number of ether oxygens (including phenoxy) is 1. The molecule has 0 spiro atoms. The number of benzene rings is 2. The molecule has 0 bridgehead atoms. The van der Waals surface area contributed by atoms with Crippen LogP contribution in [-0.4, -0.2) is 41.5 Å². The van der Waals surface area contributed by atoms with Gasteiger partial charge in [-0.15, -0.1) is 11.8 Å². The molecule has 4 heterocycles. The van der Waals surface area contributed by atoms with E-state index in [-0.39, 0.29) is 35.5 Å². The van der Waals surface area contributed by atoms with Crippen molar-refractivity contribution in [2.24, 2.45) is 0 Å². The second-order valence-electron chi connectivity index (χ2n) is 9.32. The third-order valence-electron chi connectivity index (χ3n) is 6.98. The maximum absolute atomic E-state index is 14.6. The van der Waals surface area contributed by atoms with E-state index in [4.69, 9.17) is 4.74 Å². The Kier molecular flexibility index (Phi) is 5.93. The van der Waals surface area contributed by atoms with Crippen LogP contribution in [0.5, 0.6) is 0 Å². The van der Waals surface area contributed by atoms with Crippen LogP contribution in [0.3, 0.4) is 0 Å². The Bertz CT molecular complexity index is 1440. The van der Waals surface area contributed by atoms with Crippen LogP contribution in [0.4, 0.5) is 20.6 Å². The first-order valence-electron chi connectivity index (χ1n) is 12.1. The number of hydrogen-bond acceptors (Lipinski definition) is 6. The molecular weight excluding hydrogens is 483 g/mol. The Balaban J connectivity index is 1.02. The van der Waals surface area contributed by atoms with Crippen molar-refractivity contribution in [2.45, 2.75) is 42.8 Å². The summed E-state index contributed by atoms with van der Waals surface area (Å²) in [5.41, 5.74) is 2.55. The molecule has 2 N–H and O–H groups in total. The monoisotopic (exact) mass is 508 g/mol. The summed E-state index contributed by atoms with van der Waals surface area (Å²) in [6.07, 6.45) is 1.79. The molecule has 3 aliphatic rings. The van der Waals surface area contributed by atoms with Gasteiger partial charge in [-0.3, -0.25) is 14.5 Å². The highest BCUT2D eigenvalue weighted by atomic mass is 32.2. The summed E-state index contributed by atoms with van der Waals surface area (Å²) < 4.78 is 21.8. The summed E-state index contributed by atoms with van der Waals surface area (Å²) in [6.45, 7) is 1.54. The number of cyclic esters (lactones) is 1. The van der Waals surface area contributed by atoms with Gasteiger partial charge in [-0.1, -0.05) is 0 Å². The fraction of sp³-hybridized carbons (Fsp3) is 0.346. The SMILES string of the molecule is O=C1CSc2ccc(N3C[C@H](CCCCNC4Cn5c(=O)ccc6ccc(F)c4c65)OC3=O)cc2N1. The summed E-state index contributed by atoms with van der Waals surface area (Å²) in [5.74, 6) is 0.0505. The molecule has 36 heavy (non-hydrogen) atoms. The summed E-state index contributed by atoms with van der Waals surface area (Å²) in [6, 6.07) is 11.8. The van der Waals surface area contributed by atoms with Crippen LogP contribution in [-0.2, 0) is 16.1 Å². The molecule has 0 saturated carbocycles. The molecule has 3 aliphatic heterocycles. The van der Waals surface area contributed by atoms with Gasteiger partial charge in [0.25, 0.3) is 5.56 Å². The minimum atomic E-state index is -0.384. The van der Waals surface area contributed by atoms with Gasteiger partial charge in [-0.05, 0) is 67.6 Å². The van der Waals surface area contributed by atoms with E-state index < -0.39 is 0 Å². The van der Waals surface area contributed by atoms with E-state index in [9.17, 15) is 18.8 Å². The largest absolute Gasteiger partial charge is 0.444 e. The first-order chi connectivity index (χ1) is 17.5. The van der Waals surface area contributed by atoms with E-state index in [1.807, 2.05) is 18.2 Å². The van der Waals surface area contributed by atoms with Gasteiger partial charge in [-0.25, -0.2) is 9.18 Å². The standard InChI is InChI=1S/C26H25FN4O4S/c27-18-7-4-15-5-9-23(33)31-13-20(24(18)25(15)31)28-10-2-1-3-17-12-30(26(34)35-17)16-6-8-21-19(11-16)29-22(32)14-36-21/h4-9,11,17,20,28H,1-3,10,12-14H2,(H,29,32)/t17-,20?/m0/s1. The summed E-state index contributed by atoms with van der Waals surface area (Å²) in [7, 11) is 0. The van der Waals surface area contributed by atoms with Crippen molar-refractivity contribution >= 4 is 46.0 Å². The van der Waals surface area contributed by atoms with Gasteiger partial charge in [0.2, 0.25) is 5.91 Å². The van der Waals surface area contributed by atoms with Crippen LogP contribution < -0.4 is 21.1 Å². The lowest BCUT2D eigenvalue weighted by molar-refractivity contribution is -0.113. The Hall–Kier alpha value is -3.37. The van der Waals surface area contributed by atoms with Crippen LogP contribution in [0.15, 0.2) is 52.2 Å². The first kappa shape index (κ1) is 23.1. The van der Waals surface area contributed by atoms with E-state index in [0.29, 0.717) is 42.2 Å². The summed E-state index contributed by atoms with van der Waals surface area (Å²) >= 11 is 1.48. The molecule has 1 unspecified atom stereocenters. The molecule has 8 nitrogen and oxygen atoms in total. The summed E-state index contributed by atoms with van der Waals surface area (Å²) in [4.78, 5) is 39.0. The highest BCUT2D eigenvalue weighted by Crippen LogP contribution is 2.36. The molecule has 0 aliphatic carbocycles. The van der Waals surface area contributed by atoms with Crippen molar-refractivity contribution in [3.63, 3.8) is 0 Å². The van der Waals surface area contributed by atoms with Crippen LogP contribution in [0.1, 0.15) is 30.9 Å². The third kappa shape index (κ3) is 4.14. The molecule has 3 aromatic rings. The number of aromatic nitrogens is 1. The number of halogens is 1. The second kappa shape index (κ2) is 9.25. The first-order valence-corrected chi connectivity index (χ1v) is 13.1. The van der Waals surface area contributed by atoms with Crippen LogP contribution in [0.25, 0.3) is 10.9 Å².